The van der Waals surface area contributed by atoms with Gasteiger partial charge in [-0.2, -0.15) is 0 Å². The van der Waals surface area contributed by atoms with E-state index < -0.39 is 10.8 Å². The molecule has 1 rings (SSSR count). The Morgan fingerprint density at radius 2 is 2.00 bits per heavy atom. The van der Waals surface area contributed by atoms with E-state index in [0.717, 1.165) is 24.2 Å². The summed E-state index contributed by atoms with van der Waals surface area (Å²) in [4.78, 5) is 0. The first-order valence-corrected chi connectivity index (χ1v) is 6.31. The molecule has 0 aliphatic carbocycles. The Labute approximate surface area is 88.3 Å². The summed E-state index contributed by atoms with van der Waals surface area (Å²) in [5.41, 5.74) is 1.11. The molecule has 1 nitrogen and oxygen atoms in total. The van der Waals surface area contributed by atoms with Gasteiger partial charge in [0, 0.05) is 22.0 Å². The van der Waals surface area contributed by atoms with Crippen molar-refractivity contribution < 1.29 is 4.21 Å². The molecule has 1 atom stereocenters. The molecule has 0 bridgehead atoms. The lowest BCUT2D eigenvalue weighted by molar-refractivity contribution is 0.685. The van der Waals surface area contributed by atoms with Gasteiger partial charge in [-0.3, -0.25) is 4.21 Å². The van der Waals surface area contributed by atoms with Crippen LogP contribution in [0.3, 0.4) is 0 Å². The normalized spacial score (nSPS) is 13.2. The molecular formula is C12H16OS. The summed E-state index contributed by atoms with van der Waals surface area (Å²) >= 11 is 0. The minimum Gasteiger partial charge on any atom is -0.255 e. The van der Waals surface area contributed by atoms with E-state index in [2.05, 4.69) is 6.92 Å². The fraction of sp³-hybridized carbons (Fsp3) is 0.333. The van der Waals surface area contributed by atoms with E-state index in [1.807, 2.05) is 36.4 Å². The van der Waals surface area contributed by atoms with E-state index >= 15 is 0 Å². The number of hydrogen-bond donors (Lipinski definition) is 0. The van der Waals surface area contributed by atoms with Crippen LogP contribution in [0.15, 0.2) is 35.7 Å². The first-order chi connectivity index (χ1) is 6.83. The van der Waals surface area contributed by atoms with E-state index in [0.29, 0.717) is 0 Å². The monoisotopic (exact) mass is 208 g/mol. The van der Waals surface area contributed by atoms with Gasteiger partial charge >= 0.3 is 0 Å². The molecule has 0 aliphatic heterocycles. The number of benzene rings is 1. The van der Waals surface area contributed by atoms with Crippen molar-refractivity contribution in [2.24, 2.45) is 0 Å². The second kappa shape index (κ2) is 6.55. The standard InChI is InChI=1S/C12H16OS/c1-2-3-10-14(13)11-9-12-7-5-4-6-8-12/h4-9,11H,2-3,10H2,1H3/b11-9+. The van der Waals surface area contributed by atoms with Gasteiger partial charge in [0.15, 0.2) is 0 Å². The van der Waals surface area contributed by atoms with E-state index in [4.69, 9.17) is 0 Å². The molecule has 76 valence electrons. The van der Waals surface area contributed by atoms with Crippen molar-refractivity contribution in [3.63, 3.8) is 0 Å². The van der Waals surface area contributed by atoms with Gasteiger partial charge < -0.3 is 0 Å². The summed E-state index contributed by atoms with van der Waals surface area (Å²) in [6, 6.07) is 9.95. The van der Waals surface area contributed by atoms with Crippen LogP contribution in [0.1, 0.15) is 25.3 Å². The lowest BCUT2D eigenvalue weighted by Crippen LogP contribution is -1.91. The van der Waals surface area contributed by atoms with Crippen LogP contribution in [0, 0.1) is 0 Å². The van der Waals surface area contributed by atoms with Gasteiger partial charge in [0.2, 0.25) is 0 Å². The van der Waals surface area contributed by atoms with E-state index in [9.17, 15) is 4.21 Å². The van der Waals surface area contributed by atoms with Crippen molar-refractivity contribution >= 4 is 16.9 Å². The van der Waals surface area contributed by atoms with Crippen molar-refractivity contribution in [2.45, 2.75) is 19.8 Å². The molecule has 1 unspecified atom stereocenters. The summed E-state index contributed by atoms with van der Waals surface area (Å²) in [5.74, 6) is 0.778. The molecule has 1 aromatic rings. The summed E-state index contributed by atoms with van der Waals surface area (Å²) < 4.78 is 11.4. The van der Waals surface area contributed by atoms with Crippen molar-refractivity contribution in [3.8, 4) is 0 Å². The Morgan fingerprint density at radius 1 is 1.29 bits per heavy atom. The summed E-state index contributed by atoms with van der Waals surface area (Å²) in [5, 5.41) is 1.78. The summed E-state index contributed by atoms with van der Waals surface area (Å²) in [6.45, 7) is 2.11. The van der Waals surface area contributed by atoms with Gasteiger partial charge in [0.05, 0.1) is 0 Å². The van der Waals surface area contributed by atoms with Crippen molar-refractivity contribution in [3.05, 3.63) is 41.3 Å². The number of unbranched alkanes of at least 4 members (excludes halogenated alkanes) is 1. The first-order valence-electron chi connectivity index (χ1n) is 4.93. The Hall–Kier alpha value is -0.890. The lowest BCUT2D eigenvalue weighted by Gasteiger charge is -1.94. The highest BCUT2D eigenvalue weighted by molar-refractivity contribution is 7.88. The molecule has 0 spiro atoms. The molecule has 0 fully saturated rings. The summed E-state index contributed by atoms with van der Waals surface area (Å²) in [6.07, 6.45) is 4.06. The maximum atomic E-state index is 11.4. The van der Waals surface area contributed by atoms with Crippen molar-refractivity contribution in [1.29, 1.82) is 0 Å². The summed E-state index contributed by atoms with van der Waals surface area (Å²) in [7, 11) is -0.801. The fourth-order valence-electron chi connectivity index (χ4n) is 1.07. The molecule has 0 N–H and O–H groups in total. The molecule has 1 aromatic carbocycles. The minimum atomic E-state index is -0.801. The van der Waals surface area contributed by atoms with Gasteiger partial charge in [-0.25, -0.2) is 0 Å². The van der Waals surface area contributed by atoms with Crippen LogP contribution in [0.4, 0.5) is 0 Å². The second-order valence-electron chi connectivity index (χ2n) is 3.15. The molecule has 0 amide bonds. The smallest absolute Gasteiger partial charge is 0.0456 e. The molecule has 0 aliphatic rings. The first kappa shape index (κ1) is 11.2. The third-order valence-corrected chi connectivity index (χ3v) is 3.04. The van der Waals surface area contributed by atoms with Gasteiger partial charge in [0.25, 0.3) is 0 Å². The predicted molar refractivity (Wildman–Crippen MR) is 63.4 cm³/mol. The van der Waals surface area contributed by atoms with Crippen LogP contribution in [0.5, 0.6) is 0 Å². The van der Waals surface area contributed by atoms with Crippen LogP contribution in [0.25, 0.3) is 6.08 Å². The molecule has 0 saturated heterocycles. The average molecular weight is 208 g/mol. The van der Waals surface area contributed by atoms with E-state index in [1.165, 1.54) is 0 Å². The average Bonchev–Trinajstić information content (AvgIpc) is 2.25. The lowest BCUT2D eigenvalue weighted by atomic mass is 10.2. The Balaban J connectivity index is 2.44. The topological polar surface area (TPSA) is 17.1 Å². The Morgan fingerprint density at radius 3 is 2.64 bits per heavy atom. The quantitative estimate of drug-likeness (QED) is 0.726. The molecule has 0 saturated carbocycles. The van der Waals surface area contributed by atoms with Gasteiger partial charge in [-0.15, -0.1) is 0 Å². The third-order valence-electron chi connectivity index (χ3n) is 1.91. The predicted octanol–water partition coefficient (Wildman–Crippen LogP) is 3.21. The zero-order chi connectivity index (χ0) is 10.2. The highest BCUT2D eigenvalue weighted by Crippen LogP contribution is 2.02. The van der Waals surface area contributed by atoms with Crippen LogP contribution < -0.4 is 0 Å². The Kier molecular flexibility index (Phi) is 5.23. The maximum Gasteiger partial charge on any atom is 0.0456 e. The number of hydrogen-bond acceptors (Lipinski definition) is 1. The van der Waals surface area contributed by atoms with Crippen LogP contribution >= 0.6 is 0 Å². The van der Waals surface area contributed by atoms with Crippen molar-refractivity contribution in [1.82, 2.24) is 0 Å². The Bertz CT molecular complexity index is 303. The van der Waals surface area contributed by atoms with Crippen LogP contribution in [-0.4, -0.2) is 9.96 Å². The highest BCUT2D eigenvalue weighted by atomic mass is 32.2. The highest BCUT2D eigenvalue weighted by Gasteiger charge is 1.92. The third kappa shape index (κ3) is 4.38. The van der Waals surface area contributed by atoms with E-state index in [1.54, 1.807) is 5.41 Å². The molecule has 14 heavy (non-hydrogen) atoms. The molecule has 0 heterocycles. The SMILES string of the molecule is CCCCS(=O)/C=C/c1ccccc1. The van der Waals surface area contributed by atoms with Gasteiger partial charge in [-0.1, -0.05) is 43.7 Å². The minimum absolute atomic E-state index is 0.778. The molecular weight excluding hydrogens is 192 g/mol. The van der Waals surface area contributed by atoms with Crippen LogP contribution in [-0.2, 0) is 10.8 Å². The number of rotatable bonds is 5. The van der Waals surface area contributed by atoms with Crippen molar-refractivity contribution in [2.75, 3.05) is 5.75 Å². The second-order valence-corrected chi connectivity index (χ2v) is 4.59. The zero-order valence-electron chi connectivity index (χ0n) is 8.48. The maximum absolute atomic E-state index is 11.4. The van der Waals surface area contributed by atoms with Crippen LogP contribution in [0.2, 0.25) is 0 Å². The zero-order valence-corrected chi connectivity index (χ0v) is 9.30. The van der Waals surface area contributed by atoms with Gasteiger partial charge in [0.1, 0.15) is 0 Å². The molecule has 0 radical (unpaired) electrons. The molecule has 2 heteroatoms. The van der Waals surface area contributed by atoms with E-state index in [-0.39, 0.29) is 0 Å². The molecule has 0 aromatic heterocycles. The largest absolute Gasteiger partial charge is 0.255 e. The fourth-order valence-corrected chi connectivity index (χ4v) is 2.09. The van der Waals surface area contributed by atoms with Gasteiger partial charge in [-0.05, 0) is 18.1 Å².